The normalized spacial score (nSPS) is 17.6. The number of likely N-dealkylation sites (N-methyl/N-ethyl adjacent to an activating group) is 1. The van der Waals surface area contributed by atoms with Crippen molar-refractivity contribution in [1.29, 1.82) is 0 Å². The van der Waals surface area contributed by atoms with Crippen molar-refractivity contribution < 1.29 is 4.79 Å². The maximum Gasteiger partial charge on any atom is 0.226 e. The molecule has 0 saturated carbocycles. The molecule has 0 fully saturated rings. The summed E-state index contributed by atoms with van der Waals surface area (Å²) in [6, 6.07) is 16.8. The Morgan fingerprint density at radius 1 is 1.17 bits per heavy atom. The van der Waals surface area contributed by atoms with Crippen LogP contribution in [0.15, 0.2) is 48.5 Å². The third kappa shape index (κ3) is 3.68. The van der Waals surface area contributed by atoms with Crippen molar-refractivity contribution in [3.05, 3.63) is 65.2 Å². The number of fused-ring (bicyclic) bond motifs is 1. The molecule has 0 aliphatic carbocycles. The lowest BCUT2D eigenvalue weighted by Gasteiger charge is -2.34. The van der Waals surface area contributed by atoms with Crippen LogP contribution in [-0.4, -0.2) is 24.4 Å². The molecule has 3 nitrogen and oxygen atoms in total. The third-order valence-corrected chi connectivity index (χ3v) is 4.92. The van der Waals surface area contributed by atoms with Crippen molar-refractivity contribution in [3.8, 4) is 0 Å². The highest BCUT2D eigenvalue weighted by molar-refractivity contribution is 5.91. The van der Waals surface area contributed by atoms with Crippen LogP contribution in [0.3, 0.4) is 0 Å². The minimum absolute atomic E-state index is 0.0702. The highest BCUT2D eigenvalue weighted by atomic mass is 16.1. The standard InChI is InChI=1S/C21H26N2O/c1-15(2)16-8-10-18(11-9-16)22-21(24)14-20-19-7-5-4-6-17(19)12-13-23(20)3/h4-11,15,20H,12-14H2,1-3H3,(H,22,24). The van der Waals surface area contributed by atoms with Gasteiger partial charge in [-0.25, -0.2) is 0 Å². The van der Waals surface area contributed by atoms with Crippen molar-refractivity contribution in [2.45, 2.75) is 38.6 Å². The van der Waals surface area contributed by atoms with E-state index >= 15 is 0 Å². The molecule has 0 aromatic heterocycles. The highest BCUT2D eigenvalue weighted by Crippen LogP contribution is 2.31. The second-order valence-corrected chi connectivity index (χ2v) is 6.97. The average Bonchev–Trinajstić information content (AvgIpc) is 2.58. The molecule has 126 valence electrons. The molecule has 0 bridgehead atoms. The van der Waals surface area contributed by atoms with Gasteiger partial charge >= 0.3 is 0 Å². The number of hydrogen-bond donors (Lipinski definition) is 1. The molecule has 1 N–H and O–H groups in total. The largest absolute Gasteiger partial charge is 0.326 e. The Balaban J connectivity index is 1.68. The van der Waals surface area contributed by atoms with Crippen LogP contribution in [0.25, 0.3) is 0 Å². The van der Waals surface area contributed by atoms with E-state index in [4.69, 9.17) is 0 Å². The number of anilines is 1. The number of amides is 1. The first kappa shape index (κ1) is 16.7. The van der Waals surface area contributed by atoms with E-state index in [-0.39, 0.29) is 11.9 Å². The highest BCUT2D eigenvalue weighted by Gasteiger charge is 2.26. The molecule has 1 aliphatic rings. The van der Waals surface area contributed by atoms with Gasteiger partial charge in [0.1, 0.15) is 0 Å². The van der Waals surface area contributed by atoms with Crippen LogP contribution in [0.1, 0.15) is 48.9 Å². The molecule has 1 aliphatic heterocycles. The maximum absolute atomic E-state index is 12.5. The van der Waals surface area contributed by atoms with Gasteiger partial charge in [-0.2, -0.15) is 0 Å². The van der Waals surface area contributed by atoms with Crippen LogP contribution < -0.4 is 5.32 Å². The van der Waals surface area contributed by atoms with E-state index in [2.05, 4.69) is 67.5 Å². The van der Waals surface area contributed by atoms with Crippen LogP contribution in [0.2, 0.25) is 0 Å². The molecule has 0 spiro atoms. The zero-order chi connectivity index (χ0) is 17.1. The number of nitrogens with one attached hydrogen (secondary N) is 1. The first-order valence-corrected chi connectivity index (χ1v) is 8.72. The number of nitrogens with zero attached hydrogens (tertiary/aromatic N) is 1. The minimum atomic E-state index is 0.0702. The van der Waals surface area contributed by atoms with E-state index < -0.39 is 0 Å². The quantitative estimate of drug-likeness (QED) is 0.906. The molecule has 3 rings (SSSR count). The van der Waals surface area contributed by atoms with E-state index in [0.29, 0.717) is 12.3 Å². The van der Waals surface area contributed by atoms with Gasteiger partial charge in [-0.3, -0.25) is 9.69 Å². The molecular weight excluding hydrogens is 296 g/mol. The second-order valence-electron chi connectivity index (χ2n) is 6.97. The molecule has 1 heterocycles. The SMILES string of the molecule is CC(C)c1ccc(NC(=O)CC2c3ccccc3CCN2C)cc1. The molecule has 1 amide bonds. The molecule has 0 saturated heterocycles. The van der Waals surface area contributed by atoms with Gasteiger partial charge in [0, 0.05) is 24.7 Å². The lowest BCUT2D eigenvalue weighted by Crippen LogP contribution is -2.34. The third-order valence-electron chi connectivity index (χ3n) is 4.92. The van der Waals surface area contributed by atoms with Crippen LogP contribution in [-0.2, 0) is 11.2 Å². The van der Waals surface area contributed by atoms with E-state index in [9.17, 15) is 4.79 Å². The maximum atomic E-state index is 12.5. The molecule has 0 radical (unpaired) electrons. The fourth-order valence-electron chi connectivity index (χ4n) is 3.38. The summed E-state index contributed by atoms with van der Waals surface area (Å²) in [7, 11) is 2.10. The average molecular weight is 322 g/mol. The predicted molar refractivity (Wildman–Crippen MR) is 99.3 cm³/mol. The Bertz CT molecular complexity index is 706. The van der Waals surface area contributed by atoms with Gasteiger partial charge < -0.3 is 5.32 Å². The van der Waals surface area contributed by atoms with Crippen molar-refractivity contribution in [3.63, 3.8) is 0 Å². The van der Waals surface area contributed by atoms with E-state index in [1.54, 1.807) is 0 Å². The van der Waals surface area contributed by atoms with E-state index in [0.717, 1.165) is 18.7 Å². The topological polar surface area (TPSA) is 32.3 Å². The molecule has 24 heavy (non-hydrogen) atoms. The molecule has 1 atom stereocenters. The van der Waals surface area contributed by atoms with Crippen LogP contribution in [0.4, 0.5) is 5.69 Å². The molecule has 2 aromatic rings. The van der Waals surface area contributed by atoms with Gasteiger partial charge in [0.15, 0.2) is 0 Å². The van der Waals surface area contributed by atoms with Crippen molar-refractivity contribution >= 4 is 11.6 Å². The summed E-state index contributed by atoms with van der Waals surface area (Å²) in [6.45, 7) is 5.34. The first-order chi connectivity index (χ1) is 11.5. The van der Waals surface area contributed by atoms with Gasteiger partial charge in [-0.05, 0) is 48.2 Å². The number of carbonyl (C=O) groups is 1. The number of benzene rings is 2. The minimum Gasteiger partial charge on any atom is -0.326 e. The van der Waals surface area contributed by atoms with Crippen molar-refractivity contribution in [2.24, 2.45) is 0 Å². The number of rotatable bonds is 4. The molecule has 3 heteroatoms. The Kier molecular flexibility index (Phi) is 5.00. The first-order valence-electron chi connectivity index (χ1n) is 8.72. The predicted octanol–water partition coefficient (Wildman–Crippen LogP) is 4.37. The summed E-state index contributed by atoms with van der Waals surface area (Å²) < 4.78 is 0. The Hall–Kier alpha value is -2.13. The number of hydrogen-bond acceptors (Lipinski definition) is 2. The smallest absolute Gasteiger partial charge is 0.226 e. The Morgan fingerprint density at radius 2 is 1.88 bits per heavy atom. The fraction of sp³-hybridized carbons (Fsp3) is 0.381. The summed E-state index contributed by atoms with van der Waals surface area (Å²) in [6.07, 6.45) is 1.54. The Labute approximate surface area is 144 Å². The molecule has 1 unspecified atom stereocenters. The van der Waals surface area contributed by atoms with Gasteiger partial charge in [0.05, 0.1) is 0 Å². The van der Waals surface area contributed by atoms with Crippen LogP contribution in [0.5, 0.6) is 0 Å². The van der Waals surface area contributed by atoms with Gasteiger partial charge in [0.2, 0.25) is 5.91 Å². The van der Waals surface area contributed by atoms with Gasteiger partial charge in [0.25, 0.3) is 0 Å². The van der Waals surface area contributed by atoms with Gasteiger partial charge in [-0.15, -0.1) is 0 Å². The van der Waals surface area contributed by atoms with Crippen LogP contribution in [0, 0.1) is 0 Å². The summed E-state index contributed by atoms with van der Waals surface area (Å²) >= 11 is 0. The van der Waals surface area contributed by atoms with Crippen LogP contribution >= 0.6 is 0 Å². The van der Waals surface area contributed by atoms with Gasteiger partial charge in [-0.1, -0.05) is 50.2 Å². The van der Waals surface area contributed by atoms with Crippen molar-refractivity contribution in [1.82, 2.24) is 4.90 Å². The summed E-state index contributed by atoms with van der Waals surface area (Å²) in [5.74, 6) is 0.572. The monoisotopic (exact) mass is 322 g/mol. The zero-order valence-corrected chi connectivity index (χ0v) is 14.8. The summed E-state index contributed by atoms with van der Waals surface area (Å²) in [4.78, 5) is 14.8. The Morgan fingerprint density at radius 3 is 2.58 bits per heavy atom. The lowest BCUT2D eigenvalue weighted by atomic mass is 9.91. The lowest BCUT2D eigenvalue weighted by molar-refractivity contribution is -0.117. The van der Waals surface area contributed by atoms with E-state index in [1.807, 2.05) is 12.1 Å². The zero-order valence-electron chi connectivity index (χ0n) is 14.8. The van der Waals surface area contributed by atoms with E-state index in [1.165, 1.54) is 16.7 Å². The summed E-state index contributed by atoms with van der Waals surface area (Å²) in [5, 5.41) is 3.04. The second kappa shape index (κ2) is 7.18. The molecule has 2 aromatic carbocycles. The fourth-order valence-corrected chi connectivity index (χ4v) is 3.38. The van der Waals surface area contributed by atoms with Crippen molar-refractivity contribution in [2.75, 3.05) is 18.9 Å². The molecular formula is C21H26N2O. The summed E-state index contributed by atoms with van der Waals surface area (Å²) in [5.41, 5.74) is 4.82. The number of carbonyl (C=O) groups excluding carboxylic acids is 1.